The molecule has 1 aromatic rings. The molecule has 10 nitrogen and oxygen atoms in total. The number of primary amides is 1. The van der Waals surface area contributed by atoms with E-state index < -0.39 is 22.3 Å². The average Bonchev–Trinajstić information content (AvgIpc) is 2.59. The van der Waals surface area contributed by atoms with Gasteiger partial charge in [-0.1, -0.05) is 19.3 Å². The standard InChI is InChI=1S/C15H22N4O6S/c16-15(20)25-9-8-18(26(23)24)12-6-7-13(14(10-12)19(21)22)17-11-4-2-1-3-5-11/h6-7,10-11,17H,1-5,8-9H2,(H2,16,20)(H,23,24)/p-1. The summed E-state index contributed by atoms with van der Waals surface area (Å²) in [5.41, 5.74) is 5.09. The molecule has 26 heavy (non-hydrogen) atoms. The van der Waals surface area contributed by atoms with Gasteiger partial charge in [-0.3, -0.25) is 18.6 Å². The second-order valence-corrected chi connectivity index (χ2v) is 6.80. The van der Waals surface area contributed by atoms with Crippen molar-refractivity contribution in [2.24, 2.45) is 5.73 Å². The summed E-state index contributed by atoms with van der Waals surface area (Å²) in [6.07, 6.45) is 4.18. The molecule has 1 unspecified atom stereocenters. The summed E-state index contributed by atoms with van der Waals surface area (Å²) in [7, 11) is 0. The van der Waals surface area contributed by atoms with Gasteiger partial charge in [0.05, 0.1) is 17.2 Å². The molecule has 0 aromatic heterocycles. The van der Waals surface area contributed by atoms with Crippen LogP contribution in [-0.2, 0) is 16.0 Å². The molecule has 0 saturated heterocycles. The maximum absolute atomic E-state index is 11.4. The van der Waals surface area contributed by atoms with E-state index in [1.54, 1.807) is 0 Å². The van der Waals surface area contributed by atoms with Crippen molar-refractivity contribution in [3.05, 3.63) is 28.3 Å². The number of carbonyl (C=O) groups excluding carboxylic acids is 1. The van der Waals surface area contributed by atoms with Gasteiger partial charge in [0.15, 0.2) is 0 Å². The Morgan fingerprint density at radius 3 is 2.65 bits per heavy atom. The highest BCUT2D eigenvalue weighted by molar-refractivity contribution is 7.80. The molecule has 2 rings (SSSR count). The van der Waals surface area contributed by atoms with E-state index in [1.165, 1.54) is 18.2 Å². The average molecular weight is 385 g/mol. The monoisotopic (exact) mass is 385 g/mol. The molecule has 11 heteroatoms. The van der Waals surface area contributed by atoms with E-state index in [2.05, 4.69) is 10.1 Å². The zero-order valence-corrected chi connectivity index (χ0v) is 14.9. The molecule has 3 N–H and O–H groups in total. The van der Waals surface area contributed by atoms with Gasteiger partial charge in [0.1, 0.15) is 12.3 Å². The molecule has 1 aliphatic carbocycles. The lowest BCUT2D eigenvalue weighted by Gasteiger charge is -2.27. The van der Waals surface area contributed by atoms with Crippen LogP contribution in [0.25, 0.3) is 0 Å². The lowest BCUT2D eigenvalue weighted by atomic mass is 9.95. The Balaban J connectivity index is 2.19. The third kappa shape index (κ3) is 5.56. The highest BCUT2D eigenvalue weighted by Gasteiger charge is 2.21. The Hall–Kier alpha value is -2.40. The van der Waals surface area contributed by atoms with Gasteiger partial charge in [-0.2, -0.15) is 0 Å². The molecule has 1 fully saturated rings. The first-order chi connectivity index (χ1) is 12.4. The fraction of sp³-hybridized carbons (Fsp3) is 0.533. The van der Waals surface area contributed by atoms with Crippen molar-refractivity contribution in [2.75, 3.05) is 22.8 Å². The Kier molecular flexibility index (Phi) is 7.16. The molecule has 0 bridgehead atoms. The zero-order chi connectivity index (χ0) is 19.1. The number of hydrogen-bond acceptors (Lipinski definition) is 7. The van der Waals surface area contributed by atoms with E-state index in [9.17, 15) is 23.7 Å². The van der Waals surface area contributed by atoms with Crippen LogP contribution in [0.15, 0.2) is 18.2 Å². The van der Waals surface area contributed by atoms with Gasteiger partial charge >= 0.3 is 6.09 Å². The van der Waals surface area contributed by atoms with Crippen molar-refractivity contribution in [3.8, 4) is 0 Å². The number of anilines is 2. The van der Waals surface area contributed by atoms with Crippen molar-refractivity contribution in [2.45, 2.75) is 38.1 Å². The number of nitro groups is 1. The number of benzene rings is 1. The van der Waals surface area contributed by atoms with Gasteiger partial charge < -0.3 is 20.3 Å². The van der Waals surface area contributed by atoms with Crippen LogP contribution in [0.1, 0.15) is 32.1 Å². The third-order valence-electron chi connectivity index (χ3n) is 4.15. The predicted molar refractivity (Wildman–Crippen MR) is 95.4 cm³/mol. The third-order valence-corrected chi connectivity index (χ3v) is 4.90. The van der Waals surface area contributed by atoms with Crippen LogP contribution in [0.3, 0.4) is 0 Å². The van der Waals surface area contributed by atoms with E-state index >= 15 is 0 Å². The summed E-state index contributed by atoms with van der Waals surface area (Å²) in [4.78, 5) is 21.5. The summed E-state index contributed by atoms with van der Waals surface area (Å²) >= 11 is -2.70. The molecular weight excluding hydrogens is 364 g/mol. The minimum Gasteiger partial charge on any atom is -0.755 e. The zero-order valence-electron chi connectivity index (χ0n) is 14.1. The maximum atomic E-state index is 11.4. The van der Waals surface area contributed by atoms with Gasteiger partial charge in [0.2, 0.25) is 0 Å². The van der Waals surface area contributed by atoms with E-state index in [4.69, 9.17) is 5.73 Å². The van der Waals surface area contributed by atoms with E-state index in [0.717, 1.165) is 36.4 Å². The maximum Gasteiger partial charge on any atom is 0.404 e. The number of rotatable bonds is 8. The number of ether oxygens (including phenoxy) is 1. The Morgan fingerprint density at radius 1 is 1.38 bits per heavy atom. The van der Waals surface area contributed by atoms with Crippen LogP contribution in [0, 0.1) is 10.1 Å². The lowest BCUT2D eigenvalue weighted by Crippen LogP contribution is -2.31. The van der Waals surface area contributed by atoms with Crippen LogP contribution < -0.4 is 15.4 Å². The predicted octanol–water partition coefficient (Wildman–Crippen LogP) is 2.04. The van der Waals surface area contributed by atoms with Crippen molar-refractivity contribution >= 4 is 34.4 Å². The van der Waals surface area contributed by atoms with Gasteiger partial charge in [-0.15, -0.1) is 0 Å². The number of hydrogen-bond donors (Lipinski definition) is 2. The molecule has 0 heterocycles. The highest BCUT2D eigenvalue weighted by Crippen LogP contribution is 2.32. The van der Waals surface area contributed by atoms with Crippen LogP contribution in [0.2, 0.25) is 0 Å². The number of carbonyl (C=O) groups is 1. The minimum absolute atomic E-state index is 0.104. The Labute approximate surface area is 153 Å². The van der Waals surface area contributed by atoms with Crippen molar-refractivity contribution < 1.29 is 23.2 Å². The number of nitrogens with zero attached hydrogens (tertiary/aromatic N) is 2. The normalized spacial score (nSPS) is 15.9. The van der Waals surface area contributed by atoms with Crippen LogP contribution in [0.5, 0.6) is 0 Å². The number of nitrogens with two attached hydrogens (primary N) is 1. The fourth-order valence-electron chi connectivity index (χ4n) is 2.93. The Bertz CT molecular complexity index is 680. The first-order valence-electron chi connectivity index (χ1n) is 8.22. The number of amides is 1. The molecule has 1 amide bonds. The van der Waals surface area contributed by atoms with Crippen molar-refractivity contribution in [1.29, 1.82) is 0 Å². The van der Waals surface area contributed by atoms with Gasteiger partial charge in [-0.25, -0.2) is 4.79 Å². The summed E-state index contributed by atoms with van der Waals surface area (Å²) in [6.45, 7) is -0.467. The summed E-state index contributed by atoms with van der Waals surface area (Å²) < 4.78 is 28.2. The fourth-order valence-corrected chi connectivity index (χ4v) is 3.44. The van der Waals surface area contributed by atoms with Gasteiger partial charge in [0, 0.05) is 23.4 Å². The number of nitrogens with one attached hydrogen (secondary N) is 1. The molecular formula is C15H21N4O6S-. The smallest absolute Gasteiger partial charge is 0.404 e. The lowest BCUT2D eigenvalue weighted by molar-refractivity contribution is -0.383. The second kappa shape index (κ2) is 9.34. The van der Waals surface area contributed by atoms with Gasteiger partial charge in [-0.05, 0) is 25.0 Å². The molecule has 1 aromatic carbocycles. The van der Waals surface area contributed by atoms with Crippen molar-refractivity contribution in [1.82, 2.24) is 0 Å². The highest BCUT2D eigenvalue weighted by atomic mass is 32.2. The second-order valence-electron chi connectivity index (χ2n) is 5.92. The SMILES string of the molecule is NC(=O)OCCN(c1ccc(NC2CCCCC2)c([N+](=O)[O-])c1)S(=O)[O-]. The van der Waals surface area contributed by atoms with Crippen LogP contribution >= 0.6 is 0 Å². The molecule has 0 aliphatic heterocycles. The molecule has 0 spiro atoms. The Morgan fingerprint density at radius 2 is 2.08 bits per heavy atom. The van der Waals surface area contributed by atoms with Crippen molar-refractivity contribution in [3.63, 3.8) is 0 Å². The van der Waals surface area contributed by atoms with Crippen LogP contribution in [-0.4, -0.2) is 39.0 Å². The summed E-state index contributed by atoms with van der Waals surface area (Å²) in [5, 5.41) is 14.6. The largest absolute Gasteiger partial charge is 0.755 e. The van der Waals surface area contributed by atoms with E-state index in [1.807, 2.05) is 0 Å². The summed E-state index contributed by atoms with van der Waals surface area (Å²) in [6, 6.07) is 4.32. The topological polar surface area (TPSA) is 151 Å². The quantitative estimate of drug-likeness (QED) is 0.394. The van der Waals surface area contributed by atoms with Crippen LogP contribution in [0.4, 0.5) is 21.9 Å². The summed E-state index contributed by atoms with van der Waals surface area (Å²) in [5.74, 6) is 0. The van der Waals surface area contributed by atoms with E-state index in [0.29, 0.717) is 5.69 Å². The molecule has 1 saturated carbocycles. The molecule has 144 valence electrons. The minimum atomic E-state index is -2.70. The molecule has 1 atom stereocenters. The molecule has 0 radical (unpaired) electrons. The van der Waals surface area contributed by atoms with Gasteiger partial charge in [0.25, 0.3) is 5.69 Å². The molecule has 1 aliphatic rings. The first-order valence-corrected chi connectivity index (χ1v) is 9.26. The van der Waals surface area contributed by atoms with E-state index in [-0.39, 0.29) is 30.6 Å². The first kappa shape index (κ1) is 19.9. The number of nitro benzene ring substituents is 1.